The zero-order valence-electron chi connectivity index (χ0n) is 18.4. The average molecular weight is 449 g/mol. The third kappa shape index (κ3) is 5.19. The van der Waals surface area contributed by atoms with Crippen molar-refractivity contribution in [3.63, 3.8) is 0 Å². The van der Waals surface area contributed by atoms with Gasteiger partial charge in [-0.1, -0.05) is 60.7 Å². The summed E-state index contributed by atoms with van der Waals surface area (Å²) in [5.74, 6) is 0.378. The summed E-state index contributed by atoms with van der Waals surface area (Å²) in [7, 11) is -3.40. The van der Waals surface area contributed by atoms with Crippen LogP contribution < -0.4 is 4.72 Å². The van der Waals surface area contributed by atoms with Gasteiger partial charge in [-0.15, -0.1) is 0 Å². The minimum Gasteiger partial charge on any atom is -0.339 e. The minimum atomic E-state index is -3.40. The van der Waals surface area contributed by atoms with Crippen LogP contribution in [0.3, 0.4) is 0 Å². The van der Waals surface area contributed by atoms with Gasteiger partial charge in [0.2, 0.25) is 10.0 Å². The summed E-state index contributed by atoms with van der Waals surface area (Å²) in [5.41, 5.74) is 5.47. The zero-order chi connectivity index (χ0) is 22.7. The van der Waals surface area contributed by atoms with Crippen LogP contribution in [0.2, 0.25) is 0 Å². The molecule has 0 bridgehead atoms. The first-order chi connectivity index (χ1) is 15.3. The first-order valence-electron chi connectivity index (χ1n) is 10.8. The summed E-state index contributed by atoms with van der Waals surface area (Å²) in [6.45, 7) is 3.19. The van der Waals surface area contributed by atoms with E-state index in [1.54, 1.807) is 18.2 Å². The molecule has 0 aliphatic carbocycles. The van der Waals surface area contributed by atoms with Gasteiger partial charge < -0.3 is 4.90 Å². The smallest absolute Gasteiger partial charge is 0.253 e. The van der Waals surface area contributed by atoms with Crippen LogP contribution in [0.5, 0.6) is 0 Å². The number of carbonyl (C=O) groups is 1. The van der Waals surface area contributed by atoms with Crippen molar-refractivity contribution in [2.24, 2.45) is 0 Å². The van der Waals surface area contributed by atoms with Crippen LogP contribution in [-0.2, 0) is 10.0 Å². The van der Waals surface area contributed by atoms with Crippen molar-refractivity contribution in [2.75, 3.05) is 24.1 Å². The van der Waals surface area contributed by atoms with Gasteiger partial charge in [-0.3, -0.25) is 9.52 Å². The third-order valence-corrected chi connectivity index (χ3v) is 6.64. The van der Waals surface area contributed by atoms with Crippen molar-refractivity contribution in [1.29, 1.82) is 0 Å². The molecular weight excluding hydrogens is 420 g/mol. The molecule has 0 unspecified atom stereocenters. The number of likely N-dealkylation sites (tertiary alicyclic amines) is 1. The SMILES string of the molecule is Cc1ccc(C(=O)N2CCC(c3ccc(-c4ccccc4)cc3)CC2)cc1NS(C)(=O)=O. The van der Waals surface area contributed by atoms with Gasteiger partial charge in [-0.2, -0.15) is 0 Å². The van der Waals surface area contributed by atoms with E-state index in [1.807, 2.05) is 30.0 Å². The number of nitrogens with zero attached hydrogens (tertiary/aromatic N) is 1. The van der Waals surface area contributed by atoms with Gasteiger partial charge in [0.15, 0.2) is 0 Å². The molecule has 1 fully saturated rings. The Morgan fingerprint density at radius 2 is 1.53 bits per heavy atom. The van der Waals surface area contributed by atoms with Gasteiger partial charge in [0.05, 0.1) is 11.9 Å². The van der Waals surface area contributed by atoms with E-state index < -0.39 is 10.0 Å². The van der Waals surface area contributed by atoms with Crippen molar-refractivity contribution in [3.8, 4) is 11.1 Å². The zero-order valence-corrected chi connectivity index (χ0v) is 19.2. The van der Waals surface area contributed by atoms with Crippen LogP contribution in [0.4, 0.5) is 5.69 Å². The number of hydrogen-bond donors (Lipinski definition) is 1. The van der Waals surface area contributed by atoms with E-state index in [0.29, 0.717) is 30.3 Å². The standard InChI is InChI=1S/C26H28N2O3S/c1-19-8-9-24(18-25(19)27-32(2,30)31)26(29)28-16-14-23(15-17-28)22-12-10-21(11-13-22)20-6-4-3-5-7-20/h3-13,18,23,27H,14-17H2,1-2H3. The van der Waals surface area contributed by atoms with Gasteiger partial charge in [-0.05, 0) is 60.1 Å². The molecule has 3 aromatic rings. The number of amides is 1. The second-order valence-electron chi connectivity index (χ2n) is 8.46. The molecule has 0 atom stereocenters. The van der Waals surface area contributed by atoms with Crippen LogP contribution in [0.1, 0.15) is 40.2 Å². The van der Waals surface area contributed by atoms with Crippen LogP contribution in [-0.4, -0.2) is 38.6 Å². The Labute approximate surface area is 190 Å². The predicted octanol–water partition coefficient (Wildman–Crippen LogP) is 5.05. The Hall–Kier alpha value is -3.12. The predicted molar refractivity (Wildman–Crippen MR) is 129 cm³/mol. The molecule has 4 rings (SSSR count). The summed E-state index contributed by atoms with van der Waals surface area (Å²) < 4.78 is 25.7. The highest BCUT2D eigenvalue weighted by atomic mass is 32.2. The van der Waals surface area contributed by atoms with E-state index in [2.05, 4.69) is 41.1 Å². The highest BCUT2D eigenvalue weighted by molar-refractivity contribution is 7.92. The second kappa shape index (κ2) is 9.17. The normalized spacial score (nSPS) is 14.9. The lowest BCUT2D eigenvalue weighted by Gasteiger charge is -2.32. The van der Waals surface area contributed by atoms with Gasteiger partial charge >= 0.3 is 0 Å². The molecule has 0 radical (unpaired) electrons. The van der Waals surface area contributed by atoms with Gasteiger partial charge in [0.1, 0.15) is 0 Å². The number of benzene rings is 3. The fourth-order valence-corrected chi connectivity index (χ4v) is 4.86. The summed E-state index contributed by atoms with van der Waals surface area (Å²) in [5, 5.41) is 0. The molecular formula is C26H28N2O3S. The molecule has 1 aliphatic rings. The maximum Gasteiger partial charge on any atom is 0.253 e. The topological polar surface area (TPSA) is 66.5 Å². The van der Waals surface area contributed by atoms with Crippen LogP contribution >= 0.6 is 0 Å². The molecule has 1 N–H and O–H groups in total. The minimum absolute atomic E-state index is 0.0561. The molecule has 1 heterocycles. The van der Waals surface area contributed by atoms with E-state index in [4.69, 9.17) is 0 Å². The quantitative estimate of drug-likeness (QED) is 0.594. The molecule has 32 heavy (non-hydrogen) atoms. The molecule has 0 aromatic heterocycles. The van der Waals surface area contributed by atoms with Gasteiger partial charge in [-0.25, -0.2) is 8.42 Å². The van der Waals surface area contributed by atoms with Crippen LogP contribution in [0.25, 0.3) is 11.1 Å². The Bertz CT molecular complexity index is 1200. The highest BCUT2D eigenvalue weighted by Gasteiger charge is 2.25. The summed E-state index contributed by atoms with van der Waals surface area (Å²) >= 11 is 0. The van der Waals surface area contributed by atoms with E-state index in [1.165, 1.54) is 16.7 Å². The van der Waals surface area contributed by atoms with E-state index in [9.17, 15) is 13.2 Å². The third-order valence-electron chi connectivity index (χ3n) is 6.05. The molecule has 1 aliphatic heterocycles. The van der Waals surface area contributed by atoms with Gasteiger partial charge in [0, 0.05) is 18.7 Å². The molecule has 1 saturated heterocycles. The number of nitrogens with one attached hydrogen (secondary N) is 1. The van der Waals surface area contributed by atoms with Gasteiger partial charge in [0.25, 0.3) is 5.91 Å². The van der Waals surface area contributed by atoms with Crippen LogP contribution in [0, 0.1) is 6.92 Å². The molecule has 166 valence electrons. The molecule has 6 heteroatoms. The highest BCUT2D eigenvalue weighted by Crippen LogP contribution is 2.31. The Morgan fingerprint density at radius 1 is 0.906 bits per heavy atom. The van der Waals surface area contributed by atoms with E-state index in [0.717, 1.165) is 24.7 Å². The first kappa shape index (κ1) is 22.1. The lowest BCUT2D eigenvalue weighted by atomic mass is 9.88. The summed E-state index contributed by atoms with van der Waals surface area (Å²) in [4.78, 5) is 14.9. The lowest BCUT2D eigenvalue weighted by Crippen LogP contribution is -2.38. The van der Waals surface area contributed by atoms with Crippen molar-refractivity contribution in [3.05, 3.63) is 89.5 Å². The first-order valence-corrected chi connectivity index (χ1v) is 12.7. The van der Waals surface area contributed by atoms with E-state index in [-0.39, 0.29) is 5.91 Å². The van der Waals surface area contributed by atoms with Crippen molar-refractivity contribution < 1.29 is 13.2 Å². The van der Waals surface area contributed by atoms with Crippen molar-refractivity contribution in [1.82, 2.24) is 4.90 Å². The number of anilines is 1. The fraction of sp³-hybridized carbons (Fsp3) is 0.269. The second-order valence-corrected chi connectivity index (χ2v) is 10.2. The summed E-state index contributed by atoms with van der Waals surface area (Å²) in [6, 6.07) is 24.3. The number of hydrogen-bond acceptors (Lipinski definition) is 3. The van der Waals surface area contributed by atoms with Crippen molar-refractivity contribution in [2.45, 2.75) is 25.7 Å². The number of sulfonamides is 1. The Balaban J connectivity index is 1.40. The van der Waals surface area contributed by atoms with Crippen molar-refractivity contribution >= 4 is 21.6 Å². The number of piperidine rings is 1. The maximum absolute atomic E-state index is 13.0. The summed E-state index contributed by atoms with van der Waals surface area (Å²) in [6.07, 6.45) is 2.94. The number of carbonyl (C=O) groups excluding carboxylic acids is 1. The average Bonchev–Trinajstić information content (AvgIpc) is 2.80. The number of rotatable bonds is 5. The largest absolute Gasteiger partial charge is 0.339 e. The molecule has 0 spiro atoms. The van der Waals surface area contributed by atoms with Crippen LogP contribution in [0.15, 0.2) is 72.8 Å². The number of aryl methyl sites for hydroxylation is 1. The van der Waals surface area contributed by atoms with E-state index >= 15 is 0 Å². The Kier molecular flexibility index (Phi) is 6.33. The maximum atomic E-state index is 13.0. The molecule has 5 nitrogen and oxygen atoms in total. The molecule has 3 aromatic carbocycles. The Morgan fingerprint density at radius 3 is 2.16 bits per heavy atom. The fourth-order valence-electron chi connectivity index (χ4n) is 4.24. The molecule has 1 amide bonds. The monoisotopic (exact) mass is 448 g/mol. The lowest BCUT2D eigenvalue weighted by molar-refractivity contribution is 0.0713. The molecule has 0 saturated carbocycles.